The highest BCUT2D eigenvalue weighted by atomic mass is 35.5. The second kappa shape index (κ2) is 7.09. The third-order valence-electron chi connectivity index (χ3n) is 3.37. The third-order valence-corrected chi connectivity index (χ3v) is 3.66. The van der Waals surface area contributed by atoms with Gasteiger partial charge in [-0.15, -0.1) is 0 Å². The lowest BCUT2D eigenvalue weighted by Crippen LogP contribution is -2.11. The molecule has 0 saturated heterocycles. The molecule has 0 amide bonds. The lowest BCUT2D eigenvalue weighted by atomic mass is 10.0. The first-order valence-corrected chi connectivity index (χ1v) is 7.31. The minimum atomic E-state index is -4.50. The number of carboxylic acids is 1. The van der Waals surface area contributed by atoms with Gasteiger partial charge in [-0.2, -0.15) is 13.2 Å². The molecule has 0 aliphatic carbocycles. The summed E-state index contributed by atoms with van der Waals surface area (Å²) >= 11 is 5.82. The molecule has 1 aromatic carbocycles. The number of aromatic nitrogens is 1. The summed E-state index contributed by atoms with van der Waals surface area (Å²) in [4.78, 5) is 15.1. The van der Waals surface area contributed by atoms with Crippen molar-refractivity contribution in [2.45, 2.75) is 26.1 Å². The van der Waals surface area contributed by atoms with Crippen molar-refractivity contribution in [2.24, 2.45) is 0 Å². The molecule has 0 saturated carbocycles. The van der Waals surface area contributed by atoms with Crippen molar-refractivity contribution in [1.29, 1.82) is 0 Å². The number of pyridine rings is 1. The summed E-state index contributed by atoms with van der Waals surface area (Å²) < 4.78 is 43.3. The molecule has 1 aromatic heterocycles. The molecule has 0 fully saturated rings. The number of aromatic carboxylic acids is 1. The van der Waals surface area contributed by atoms with E-state index in [9.17, 15) is 23.1 Å². The van der Waals surface area contributed by atoms with Crippen LogP contribution >= 0.6 is 11.6 Å². The third kappa shape index (κ3) is 3.97. The number of hydrogen-bond acceptors (Lipinski definition) is 3. The van der Waals surface area contributed by atoms with E-state index in [1.807, 2.05) is 6.92 Å². The van der Waals surface area contributed by atoms with Crippen molar-refractivity contribution in [1.82, 2.24) is 4.98 Å². The van der Waals surface area contributed by atoms with E-state index in [1.54, 1.807) is 6.07 Å². The number of hydrogen-bond donors (Lipinski definition) is 1. The van der Waals surface area contributed by atoms with Gasteiger partial charge in [0.1, 0.15) is 12.4 Å². The molecular weight excluding hydrogens is 347 g/mol. The maximum absolute atomic E-state index is 12.6. The number of aryl methyl sites for hydroxylation is 1. The molecule has 4 nitrogen and oxygen atoms in total. The number of nitrogens with zero attached hydrogens (tertiary/aromatic N) is 1. The van der Waals surface area contributed by atoms with Crippen LogP contribution in [0.15, 0.2) is 30.5 Å². The van der Waals surface area contributed by atoms with Crippen LogP contribution in [0.25, 0.3) is 0 Å². The Morgan fingerprint density at radius 1 is 1.33 bits per heavy atom. The lowest BCUT2D eigenvalue weighted by Gasteiger charge is -2.14. The molecule has 0 unspecified atom stereocenters. The standard InChI is InChI=1S/C16H13ClF3NO3/c1-2-9-5-6-21-14(15(22)23)11(9)8-24-13-4-3-10(7-12(13)17)16(18,19)20/h3-7H,2,8H2,1H3,(H,22,23). The van der Waals surface area contributed by atoms with E-state index in [0.29, 0.717) is 12.0 Å². The van der Waals surface area contributed by atoms with Gasteiger partial charge in [-0.1, -0.05) is 18.5 Å². The zero-order valence-electron chi connectivity index (χ0n) is 12.5. The van der Waals surface area contributed by atoms with Crippen LogP contribution in [0.3, 0.4) is 0 Å². The fourth-order valence-corrected chi connectivity index (χ4v) is 2.39. The molecule has 2 aromatic rings. The number of ether oxygens (including phenoxy) is 1. The second-order valence-corrected chi connectivity index (χ2v) is 5.29. The molecule has 0 atom stereocenters. The topological polar surface area (TPSA) is 59.4 Å². The van der Waals surface area contributed by atoms with Crippen LogP contribution in [-0.2, 0) is 19.2 Å². The first kappa shape index (κ1) is 18.1. The summed E-state index contributed by atoms with van der Waals surface area (Å²) in [6.45, 7) is 1.68. The number of benzene rings is 1. The van der Waals surface area contributed by atoms with Crippen LogP contribution in [0.1, 0.15) is 34.1 Å². The highest BCUT2D eigenvalue weighted by molar-refractivity contribution is 6.32. The van der Waals surface area contributed by atoms with E-state index >= 15 is 0 Å². The Bertz CT molecular complexity index is 763. The molecule has 0 radical (unpaired) electrons. The molecule has 128 valence electrons. The van der Waals surface area contributed by atoms with E-state index in [-0.39, 0.29) is 23.1 Å². The van der Waals surface area contributed by atoms with E-state index < -0.39 is 17.7 Å². The van der Waals surface area contributed by atoms with Crippen LogP contribution in [0.2, 0.25) is 5.02 Å². The maximum Gasteiger partial charge on any atom is 0.416 e. The van der Waals surface area contributed by atoms with E-state index in [0.717, 1.165) is 23.8 Å². The van der Waals surface area contributed by atoms with Crippen LogP contribution in [0.4, 0.5) is 13.2 Å². The highest BCUT2D eigenvalue weighted by Gasteiger charge is 2.31. The van der Waals surface area contributed by atoms with Gasteiger partial charge in [0.15, 0.2) is 5.69 Å². The maximum atomic E-state index is 12.6. The fraction of sp³-hybridized carbons (Fsp3) is 0.250. The predicted molar refractivity (Wildman–Crippen MR) is 81.4 cm³/mol. The molecule has 1 heterocycles. The quantitative estimate of drug-likeness (QED) is 0.848. The van der Waals surface area contributed by atoms with Gasteiger partial charge in [-0.25, -0.2) is 9.78 Å². The van der Waals surface area contributed by atoms with Crippen LogP contribution in [0.5, 0.6) is 5.75 Å². The molecule has 0 aliphatic rings. The summed E-state index contributed by atoms with van der Waals surface area (Å²) in [5.74, 6) is -1.17. The Morgan fingerprint density at radius 3 is 2.58 bits per heavy atom. The number of alkyl halides is 3. The van der Waals surface area contributed by atoms with Crippen LogP contribution in [0, 0.1) is 0 Å². The van der Waals surface area contributed by atoms with Gasteiger partial charge in [0.05, 0.1) is 10.6 Å². The SMILES string of the molecule is CCc1ccnc(C(=O)O)c1COc1ccc(C(F)(F)F)cc1Cl. The minimum Gasteiger partial charge on any atom is -0.487 e. The van der Waals surface area contributed by atoms with Gasteiger partial charge in [0.2, 0.25) is 0 Å². The number of carbonyl (C=O) groups is 1. The zero-order valence-corrected chi connectivity index (χ0v) is 13.3. The Morgan fingerprint density at radius 2 is 2.04 bits per heavy atom. The molecular formula is C16H13ClF3NO3. The second-order valence-electron chi connectivity index (χ2n) is 4.89. The molecule has 0 bridgehead atoms. The predicted octanol–water partition coefficient (Wildman–Crippen LogP) is 4.59. The molecule has 0 spiro atoms. The average molecular weight is 360 g/mol. The summed E-state index contributed by atoms with van der Waals surface area (Å²) in [5.41, 5.74) is 0.0491. The summed E-state index contributed by atoms with van der Waals surface area (Å²) in [6, 6.07) is 4.38. The van der Waals surface area contributed by atoms with Gasteiger partial charge in [0, 0.05) is 11.8 Å². The number of rotatable bonds is 5. The Labute approximate surface area is 140 Å². The average Bonchev–Trinajstić information content (AvgIpc) is 2.52. The van der Waals surface area contributed by atoms with Gasteiger partial charge in [-0.3, -0.25) is 0 Å². The minimum absolute atomic E-state index is 0.0342. The summed E-state index contributed by atoms with van der Waals surface area (Å²) in [7, 11) is 0. The highest BCUT2D eigenvalue weighted by Crippen LogP contribution is 2.35. The van der Waals surface area contributed by atoms with E-state index in [1.165, 1.54) is 6.20 Å². The summed E-state index contributed by atoms with van der Waals surface area (Å²) in [6.07, 6.45) is -2.56. The number of halogens is 4. The zero-order chi connectivity index (χ0) is 17.9. The molecule has 2 rings (SSSR count). The summed E-state index contributed by atoms with van der Waals surface area (Å²) in [5, 5.41) is 8.99. The molecule has 0 aliphatic heterocycles. The van der Waals surface area contributed by atoms with Crippen molar-refractivity contribution >= 4 is 17.6 Å². The fourth-order valence-electron chi connectivity index (χ4n) is 2.15. The van der Waals surface area contributed by atoms with Crippen LogP contribution < -0.4 is 4.74 Å². The Kier molecular flexibility index (Phi) is 5.33. The van der Waals surface area contributed by atoms with Crippen molar-refractivity contribution < 1.29 is 27.8 Å². The molecule has 8 heteroatoms. The normalized spacial score (nSPS) is 11.4. The van der Waals surface area contributed by atoms with Gasteiger partial charge < -0.3 is 9.84 Å². The lowest BCUT2D eigenvalue weighted by molar-refractivity contribution is -0.137. The number of carboxylic acid groups (broad SMARTS) is 1. The van der Waals surface area contributed by atoms with Crippen molar-refractivity contribution in [3.63, 3.8) is 0 Å². The molecule has 1 N–H and O–H groups in total. The largest absolute Gasteiger partial charge is 0.487 e. The Hall–Kier alpha value is -2.28. The smallest absolute Gasteiger partial charge is 0.416 e. The van der Waals surface area contributed by atoms with Crippen molar-refractivity contribution in [2.75, 3.05) is 0 Å². The van der Waals surface area contributed by atoms with Crippen LogP contribution in [-0.4, -0.2) is 16.1 Å². The van der Waals surface area contributed by atoms with Gasteiger partial charge in [-0.05, 0) is 36.2 Å². The van der Waals surface area contributed by atoms with E-state index in [4.69, 9.17) is 16.3 Å². The monoisotopic (exact) mass is 359 g/mol. The molecule has 24 heavy (non-hydrogen) atoms. The van der Waals surface area contributed by atoms with E-state index in [2.05, 4.69) is 4.98 Å². The van der Waals surface area contributed by atoms with Gasteiger partial charge >= 0.3 is 12.1 Å². The first-order chi connectivity index (χ1) is 11.2. The Balaban J connectivity index is 2.27. The first-order valence-electron chi connectivity index (χ1n) is 6.93. The van der Waals surface area contributed by atoms with Gasteiger partial charge in [0.25, 0.3) is 0 Å². The van der Waals surface area contributed by atoms with Crippen molar-refractivity contribution in [3.05, 3.63) is 57.9 Å². The van der Waals surface area contributed by atoms with Crippen molar-refractivity contribution in [3.8, 4) is 5.75 Å².